The molecule has 2 bridgehead atoms. The number of aliphatic hydroxyl groups excluding tert-OH is 1. The van der Waals surface area contributed by atoms with Crippen LogP contribution in [0.2, 0.25) is 0 Å². The van der Waals surface area contributed by atoms with Gasteiger partial charge in [-0.3, -0.25) is 0 Å². The Labute approximate surface area is 153 Å². The first kappa shape index (κ1) is 19.4. The van der Waals surface area contributed by atoms with E-state index in [-0.39, 0.29) is 6.61 Å². The molecule has 0 aromatic heterocycles. The quantitative estimate of drug-likeness (QED) is 0.447. The Bertz CT molecular complexity index is 425. The number of allylic oxidation sites excluding steroid dienone is 1. The van der Waals surface area contributed by atoms with Gasteiger partial charge in [-0.25, -0.2) is 0 Å². The van der Waals surface area contributed by atoms with Crippen LogP contribution >= 0.6 is 0 Å². The highest BCUT2D eigenvalue weighted by atomic mass is 16.5. The first-order chi connectivity index (χ1) is 12.1. The summed E-state index contributed by atoms with van der Waals surface area (Å²) in [6.45, 7) is 2.24. The van der Waals surface area contributed by atoms with Crippen LogP contribution in [0.3, 0.4) is 0 Å². The highest BCUT2D eigenvalue weighted by molar-refractivity contribution is 4.97. The summed E-state index contributed by atoms with van der Waals surface area (Å²) in [6, 6.07) is 0. The molecular weight excluding hydrogens is 312 g/mol. The van der Waals surface area contributed by atoms with Gasteiger partial charge in [0.2, 0.25) is 0 Å². The molecule has 3 rings (SSSR count). The third kappa shape index (κ3) is 4.87. The van der Waals surface area contributed by atoms with E-state index >= 15 is 0 Å². The Morgan fingerprint density at radius 2 is 1.64 bits per heavy atom. The lowest BCUT2D eigenvalue weighted by molar-refractivity contribution is -0.0155. The predicted octanol–water partition coefficient (Wildman–Crippen LogP) is 4.61. The van der Waals surface area contributed by atoms with E-state index in [9.17, 15) is 5.11 Å². The fraction of sp³-hybridized carbons (Fsp3) is 0.909. The molecule has 1 aliphatic carbocycles. The molecule has 2 heterocycles. The van der Waals surface area contributed by atoms with Crippen molar-refractivity contribution in [1.82, 2.24) is 0 Å². The molecule has 5 atom stereocenters. The lowest BCUT2D eigenvalue weighted by Crippen LogP contribution is -2.35. The van der Waals surface area contributed by atoms with Crippen molar-refractivity contribution in [3.63, 3.8) is 0 Å². The molecule has 3 aliphatic rings. The number of aliphatic hydroxyl groups is 2. The normalized spacial score (nSPS) is 35.0. The summed E-state index contributed by atoms with van der Waals surface area (Å²) in [6.07, 6.45) is 19.3. The van der Waals surface area contributed by atoms with Crippen molar-refractivity contribution in [2.24, 2.45) is 17.8 Å². The zero-order chi connectivity index (χ0) is 17.7. The van der Waals surface area contributed by atoms with Crippen LogP contribution in [0.25, 0.3) is 0 Å². The molecule has 1 unspecified atom stereocenters. The summed E-state index contributed by atoms with van der Waals surface area (Å²) in [4.78, 5) is 0. The van der Waals surface area contributed by atoms with Crippen molar-refractivity contribution in [2.45, 2.75) is 102 Å². The van der Waals surface area contributed by atoms with Gasteiger partial charge in [0.25, 0.3) is 0 Å². The number of unbranched alkanes of at least 4 members (excludes halogenated alkanes) is 2. The number of hydrogen-bond donors (Lipinski definition) is 2. The second kappa shape index (κ2) is 9.01. The molecule has 2 aliphatic heterocycles. The molecule has 0 aromatic carbocycles. The van der Waals surface area contributed by atoms with Gasteiger partial charge in [0.15, 0.2) is 0 Å². The third-order valence-electron chi connectivity index (χ3n) is 7.24. The van der Waals surface area contributed by atoms with Gasteiger partial charge in [-0.15, -0.1) is 0 Å². The van der Waals surface area contributed by atoms with Crippen molar-refractivity contribution in [2.75, 3.05) is 6.61 Å². The molecule has 0 spiro atoms. The maximum absolute atomic E-state index is 11.0. The Morgan fingerprint density at radius 1 is 0.960 bits per heavy atom. The number of ether oxygens (including phenoxy) is 1. The maximum atomic E-state index is 11.0. The Balaban J connectivity index is 1.46. The van der Waals surface area contributed by atoms with Gasteiger partial charge in [0.05, 0.1) is 24.4 Å². The van der Waals surface area contributed by atoms with Crippen LogP contribution in [0.4, 0.5) is 0 Å². The summed E-state index contributed by atoms with van der Waals surface area (Å²) < 4.78 is 6.26. The lowest BCUT2D eigenvalue weighted by Gasteiger charge is -2.34. The minimum absolute atomic E-state index is 0.156. The SMILES string of the molecule is CC(O)(CC[C@H]1[C@@H](CCCCC=CCO)[C@H]2CC[C@@H]1O2)C1CCCC1. The van der Waals surface area contributed by atoms with E-state index < -0.39 is 5.60 Å². The summed E-state index contributed by atoms with van der Waals surface area (Å²) in [5, 5.41) is 19.7. The molecule has 0 amide bonds. The van der Waals surface area contributed by atoms with Gasteiger partial charge in [-0.05, 0) is 82.5 Å². The van der Waals surface area contributed by atoms with Gasteiger partial charge in [0, 0.05) is 0 Å². The van der Waals surface area contributed by atoms with Crippen LogP contribution in [0, 0.1) is 17.8 Å². The van der Waals surface area contributed by atoms with E-state index in [1.165, 1.54) is 57.8 Å². The number of rotatable bonds is 10. The first-order valence-electron chi connectivity index (χ1n) is 10.8. The zero-order valence-corrected chi connectivity index (χ0v) is 16.0. The van der Waals surface area contributed by atoms with E-state index in [1.54, 1.807) is 0 Å². The second-order valence-electron chi connectivity index (χ2n) is 8.93. The molecular formula is C22H38O3. The van der Waals surface area contributed by atoms with E-state index in [4.69, 9.17) is 9.84 Å². The Morgan fingerprint density at radius 3 is 2.32 bits per heavy atom. The van der Waals surface area contributed by atoms with Crippen molar-refractivity contribution < 1.29 is 14.9 Å². The van der Waals surface area contributed by atoms with Crippen molar-refractivity contribution in [1.29, 1.82) is 0 Å². The van der Waals surface area contributed by atoms with Crippen LogP contribution in [0.15, 0.2) is 12.2 Å². The van der Waals surface area contributed by atoms with Gasteiger partial charge in [-0.2, -0.15) is 0 Å². The van der Waals surface area contributed by atoms with Crippen LogP contribution in [0.1, 0.15) is 84.0 Å². The van der Waals surface area contributed by atoms with Gasteiger partial charge >= 0.3 is 0 Å². The molecule has 3 fully saturated rings. The minimum Gasteiger partial charge on any atom is -0.392 e. The fourth-order valence-corrected chi connectivity index (χ4v) is 5.72. The van der Waals surface area contributed by atoms with Crippen LogP contribution in [-0.4, -0.2) is 34.6 Å². The van der Waals surface area contributed by atoms with Gasteiger partial charge in [0.1, 0.15) is 0 Å². The van der Waals surface area contributed by atoms with Crippen LogP contribution in [0.5, 0.6) is 0 Å². The summed E-state index contributed by atoms with van der Waals surface area (Å²) >= 11 is 0. The largest absolute Gasteiger partial charge is 0.392 e. The minimum atomic E-state index is -0.474. The van der Waals surface area contributed by atoms with Crippen molar-refractivity contribution >= 4 is 0 Å². The monoisotopic (exact) mass is 350 g/mol. The Kier molecular flexibility index (Phi) is 6.99. The predicted molar refractivity (Wildman–Crippen MR) is 101 cm³/mol. The smallest absolute Gasteiger partial charge is 0.0647 e. The molecule has 0 radical (unpaired) electrons. The van der Waals surface area contributed by atoms with E-state index in [0.29, 0.717) is 30.0 Å². The second-order valence-corrected chi connectivity index (χ2v) is 8.93. The molecule has 3 heteroatoms. The van der Waals surface area contributed by atoms with Crippen LogP contribution in [-0.2, 0) is 4.74 Å². The third-order valence-corrected chi connectivity index (χ3v) is 7.24. The average Bonchev–Trinajstić information content (AvgIpc) is 3.33. The molecule has 2 saturated heterocycles. The number of fused-ring (bicyclic) bond motifs is 2. The van der Waals surface area contributed by atoms with Gasteiger partial charge < -0.3 is 14.9 Å². The van der Waals surface area contributed by atoms with E-state index in [2.05, 4.69) is 13.0 Å². The molecule has 0 aromatic rings. The van der Waals surface area contributed by atoms with Gasteiger partial charge in [-0.1, -0.05) is 31.4 Å². The van der Waals surface area contributed by atoms with E-state index in [0.717, 1.165) is 19.3 Å². The summed E-state index contributed by atoms with van der Waals surface area (Å²) in [5.41, 5.74) is -0.474. The number of hydrogen-bond acceptors (Lipinski definition) is 3. The molecule has 144 valence electrons. The molecule has 2 N–H and O–H groups in total. The molecule has 3 nitrogen and oxygen atoms in total. The van der Waals surface area contributed by atoms with Crippen molar-refractivity contribution in [3.8, 4) is 0 Å². The highest BCUT2D eigenvalue weighted by Gasteiger charge is 2.48. The fourth-order valence-electron chi connectivity index (χ4n) is 5.72. The van der Waals surface area contributed by atoms with E-state index in [1.807, 2.05) is 6.08 Å². The summed E-state index contributed by atoms with van der Waals surface area (Å²) in [5.74, 6) is 1.89. The standard InChI is InChI=1S/C22H38O3/c1-22(24,17-9-6-7-10-17)15-14-19-18(20-12-13-21(19)25-20)11-5-3-2-4-8-16-23/h4,8,17-21,23-24H,2-3,5-7,9-16H2,1H3/t18-,19+,20-,21+,22?/m1/s1. The average molecular weight is 351 g/mol. The Hall–Kier alpha value is -0.380. The van der Waals surface area contributed by atoms with Crippen molar-refractivity contribution in [3.05, 3.63) is 12.2 Å². The zero-order valence-electron chi connectivity index (χ0n) is 16.0. The highest BCUT2D eigenvalue weighted by Crippen LogP contribution is 2.49. The maximum Gasteiger partial charge on any atom is 0.0647 e. The molecule has 25 heavy (non-hydrogen) atoms. The van der Waals surface area contributed by atoms with Crippen LogP contribution < -0.4 is 0 Å². The molecule has 1 saturated carbocycles. The topological polar surface area (TPSA) is 49.7 Å². The first-order valence-corrected chi connectivity index (χ1v) is 10.8. The lowest BCUT2D eigenvalue weighted by atomic mass is 9.72. The summed E-state index contributed by atoms with van der Waals surface area (Å²) in [7, 11) is 0.